The van der Waals surface area contributed by atoms with Crippen LogP contribution in [0.1, 0.15) is 37.3 Å². The second-order valence-electron chi connectivity index (χ2n) is 6.89. The Kier molecular flexibility index (Phi) is 6.80. The van der Waals surface area contributed by atoms with Gasteiger partial charge in [0.05, 0.1) is 26.0 Å². The maximum atomic E-state index is 12.9. The Balaban J connectivity index is 1.61. The maximum absolute atomic E-state index is 12.9. The van der Waals surface area contributed by atoms with Crippen LogP contribution < -0.4 is 19.1 Å². The van der Waals surface area contributed by atoms with Crippen molar-refractivity contribution in [2.24, 2.45) is 0 Å². The van der Waals surface area contributed by atoms with Crippen LogP contribution in [0.4, 0.5) is 5.69 Å². The number of nitrogens with zero attached hydrogens (tertiary/aromatic N) is 1. The van der Waals surface area contributed by atoms with Gasteiger partial charge in [0.15, 0.2) is 11.5 Å². The van der Waals surface area contributed by atoms with E-state index in [0.29, 0.717) is 26.1 Å². The van der Waals surface area contributed by atoms with Gasteiger partial charge in [0.1, 0.15) is 5.75 Å². The molecular weight excluding hydrogens is 354 g/mol. The standard InChI is InChI=1S/C23H29NO4/c1-4-27-19-10-5-6-11-20(19)28-16-8-12-22(25)24-15-7-9-18-17(2)13-14-21(26-3)23(18)24/h5-6,10-11,13-14H,4,7-9,12,15-16H2,1-3H3. The Bertz CT molecular complexity index is 818. The summed E-state index contributed by atoms with van der Waals surface area (Å²) in [4.78, 5) is 14.8. The molecule has 28 heavy (non-hydrogen) atoms. The molecule has 0 saturated heterocycles. The summed E-state index contributed by atoms with van der Waals surface area (Å²) in [5.74, 6) is 2.35. The van der Waals surface area contributed by atoms with Crippen molar-refractivity contribution in [1.82, 2.24) is 0 Å². The fourth-order valence-corrected chi connectivity index (χ4v) is 3.65. The van der Waals surface area contributed by atoms with Gasteiger partial charge in [-0.2, -0.15) is 0 Å². The summed E-state index contributed by atoms with van der Waals surface area (Å²) in [5, 5.41) is 0. The molecule has 1 heterocycles. The molecule has 0 radical (unpaired) electrons. The fraction of sp³-hybridized carbons (Fsp3) is 0.435. The minimum Gasteiger partial charge on any atom is -0.495 e. The summed E-state index contributed by atoms with van der Waals surface area (Å²) >= 11 is 0. The molecule has 0 atom stereocenters. The minimum absolute atomic E-state index is 0.117. The quantitative estimate of drug-likeness (QED) is 0.628. The van der Waals surface area contributed by atoms with E-state index in [0.717, 1.165) is 42.3 Å². The highest BCUT2D eigenvalue weighted by Gasteiger charge is 2.26. The fourth-order valence-electron chi connectivity index (χ4n) is 3.65. The van der Waals surface area contributed by atoms with E-state index < -0.39 is 0 Å². The number of para-hydroxylation sites is 2. The van der Waals surface area contributed by atoms with E-state index in [1.165, 1.54) is 11.1 Å². The van der Waals surface area contributed by atoms with Gasteiger partial charge in [-0.3, -0.25) is 4.79 Å². The normalized spacial score (nSPS) is 13.0. The summed E-state index contributed by atoms with van der Waals surface area (Å²) in [6.07, 6.45) is 3.05. The molecule has 1 amide bonds. The maximum Gasteiger partial charge on any atom is 0.227 e. The first-order valence-corrected chi connectivity index (χ1v) is 9.97. The van der Waals surface area contributed by atoms with Crippen LogP contribution in [0.3, 0.4) is 0 Å². The summed E-state index contributed by atoms with van der Waals surface area (Å²) in [6, 6.07) is 11.6. The average Bonchev–Trinajstić information content (AvgIpc) is 2.72. The van der Waals surface area contributed by atoms with Crippen molar-refractivity contribution in [1.29, 1.82) is 0 Å². The van der Waals surface area contributed by atoms with Gasteiger partial charge in [-0.1, -0.05) is 18.2 Å². The number of fused-ring (bicyclic) bond motifs is 1. The molecule has 5 nitrogen and oxygen atoms in total. The lowest BCUT2D eigenvalue weighted by Crippen LogP contribution is -2.36. The summed E-state index contributed by atoms with van der Waals surface area (Å²) in [7, 11) is 1.66. The molecule has 0 aromatic heterocycles. The van der Waals surface area contributed by atoms with E-state index in [-0.39, 0.29) is 5.91 Å². The van der Waals surface area contributed by atoms with E-state index >= 15 is 0 Å². The molecule has 0 saturated carbocycles. The van der Waals surface area contributed by atoms with Crippen molar-refractivity contribution >= 4 is 11.6 Å². The second kappa shape index (κ2) is 9.49. The van der Waals surface area contributed by atoms with Crippen molar-refractivity contribution in [2.75, 3.05) is 31.8 Å². The van der Waals surface area contributed by atoms with Crippen LogP contribution in [-0.2, 0) is 11.2 Å². The van der Waals surface area contributed by atoms with E-state index in [2.05, 4.69) is 13.0 Å². The van der Waals surface area contributed by atoms with Gasteiger partial charge >= 0.3 is 0 Å². The number of carbonyl (C=O) groups is 1. The molecule has 0 aliphatic carbocycles. The number of rotatable bonds is 8. The SMILES string of the molecule is CCOc1ccccc1OCCCC(=O)N1CCCc2c(C)ccc(OC)c21. The zero-order valence-corrected chi connectivity index (χ0v) is 17.0. The highest BCUT2D eigenvalue weighted by atomic mass is 16.5. The number of hydrogen-bond acceptors (Lipinski definition) is 4. The monoisotopic (exact) mass is 383 g/mol. The number of amides is 1. The molecule has 1 aliphatic heterocycles. The second-order valence-corrected chi connectivity index (χ2v) is 6.89. The minimum atomic E-state index is 0.117. The average molecular weight is 383 g/mol. The number of benzene rings is 2. The zero-order chi connectivity index (χ0) is 19.9. The number of methoxy groups -OCH3 is 1. The predicted octanol–water partition coefficient (Wildman–Crippen LogP) is 4.54. The number of anilines is 1. The van der Waals surface area contributed by atoms with Gasteiger partial charge in [-0.05, 0) is 62.4 Å². The summed E-state index contributed by atoms with van der Waals surface area (Å²) < 4.78 is 16.9. The van der Waals surface area contributed by atoms with Crippen molar-refractivity contribution in [3.8, 4) is 17.2 Å². The van der Waals surface area contributed by atoms with E-state index in [4.69, 9.17) is 14.2 Å². The van der Waals surface area contributed by atoms with Crippen LogP contribution in [0, 0.1) is 6.92 Å². The molecule has 0 N–H and O–H groups in total. The van der Waals surface area contributed by atoms with Crippen LogP contribution in [0.2, 0.25) is 0 Å². The molecule has 0 bridgehead atoms. The van der Waals surface area contributed by atoms with E-state index in [1.807, 2.05) is 42.2 Å². The van der Waals surface area contributed by atoms with Crippen LogP contribution >= 0.6 is 0 Å². The first kappa shape index (κ1) is 20.1. The Labute approximate surface area is 167 Å². The Morgan fingerprint density at radius 3 is 2.54 bits per heavy atom. The van der Waals surface area contributed by atoms with Gasteiger partial charge in [0.2, 0.25) is 5.91 Å². The lowest BCUT2D eigenvalue weighted by atomic mass is 9.96. The van der Waals surface area contributed by atoms with Gasteiger partial charge in [-0.25, -0.2) is 0 Å². The molecule has 2 aromatic rings. The Morgan fingerprint density at radius 2 is 1.82 bits per heavy atom. The third-order valence-electron chi connectivity index (χ3n) is 5.02. The molecule has 150 valence electrons. The number of hydrogen-bond donors (Lipinski definition) is 0. The van der Waals surface area contributed by atoms with E-state index in [1.54, 1.807) is 7.11 Å². The lowest BCUT2D eigenvalue weighted by molar-refractivity contribution is -0.118. The molecule has 1 aliphatic rings. The smallest absolute Gasteiger partial charge is 0.227 e. The highest BCUT2D eigenvalue weighted by Crippen LogP contribution is 2.38. The molecule has 2 aromatic carbocycles. The zero-order valence-electron chi connectivity index (χ0n) is 17.0. The Morgan fingerprint density at radius 1 is 1.07 bits per heavy atom. The third kappa shape index (κ3) is 4.41. The van der Waals surface area contributed by atoms with Crippen molar-refractivity contribution in [2.45, 2.75) is 39.5 Å². The molecule has 0 fully saturated rings. The summed E-state index contributed by atoms with van der Waals surface area (Å²) in [5.41, 5.74) is 3.38. The first-order valence-electron chi connectivity index (χ1n) is 9.97. The number of carbonyl (C=O) groups excluding carboxylic acids is 1. The Hall–Kier alpha value is -2.69. The molecule has 0 spiro atoms. The first-order chi connectivity index (χ1) is 13.7. The van der Waals surface area contributed by atoms with Crippen LogP contribution in [0.15, 0.2) is 36.4 Å². The lowest BCUT2D eigenvalue weighted by Gasteiger charge is -2.32. The molecule has 3 rings (SSSR count). The largest absolute Gasteiger partial charge is 0.495 e. The third-order valence-corrected chi connectivity index (χ3v) is 5.02. The molecule has 5 heteroatoms. The highest BCUT2D eigenvalue weighted by molar-refractivity contribution is 5.96. The van der Waals surface area contributed by atoms with Crippen molar-refractivity contribution in [3.63, 3.8) is 0 Å². The predicted molar refractivity (Wildman–Crippen MR) is 111 cm³/mol. The molecular formula is C23H29NO4. The van der Waals surface area contributed by atoms with Gasteiger partial charge < -0.3 is 19.1 Å². The van der Waals surface area contributed by atoms with Gasteiger partial charge in [0, 0.05) is 13.0 Å². The van der Waals surface area contributed by atoms with Gasteiger partial charge in [0.25, 0.3) is 0 Å². The molecule has 0 unspecified atom stereocenters. The van der Waals surface area contributed by atoms with Crippen LogP contribution in [0.25, 0.3) is 0 Å². The topological polar surface area (TPSA) is 48.0 Å². The van der Waals surface area contributed by atoms with E-state index in [9.17, 15) is 4.79 Å². The van der Waals surface area contributed by atoms with Gasteiger partial charge in [-0.15, -0.1) is 0 Å². The van der Waals surface area contributed by atoms with Crippen molar-refractivity contribution in [3.05, 3.63) is 47.5 Å². The van der Waals surface area contributed by atoms with Crippen molar-refractivity contribution < 1.29 is 19.0 Å². The van der Waals surface area contributed by atoms with Crippen LogP contribution in [0.5, 0.6) is 17.2 Å². The van der Waals surface area contributed by atoms with Crippen LogP contribution in [-0.4, -0.2) is 32.8 Å². The number of aryl methyl sites for hydroxylation is 1. The number of ether oxygens (including phenoxy) is 3. The summed E-state index contributed by atoms with van der Waals surface area (Å²) in [6.45, 7) is 5.84.